The first-order valence-electron chi connectivity index (χ1n) is 11.6. The van der Waals surface area contributed by atoms with E-state index in [1.807, 2.05) is 0 Å². The smallest absolute Gasteiger partial charge is 0.353 e. The number of nitrogens with zero attached hydrogens (tertiary/aromatic N) is 2. The van der Waals surface area contributed by atoms with Crippen molar-refractivity contribution in [2.75, 3.05) is 27.2 Å². The molecule has 200 valence electrons. The summed E-state index contributed by atoms with van der Waals surface area (Å²) in [5, 5.41) is 17.7. The molecule has 0 aliphatic carbocycles. The van der Waals surface area contributed by atoms with Crippen LogP contribution in [0.2, 0.25) is 0 Å². The van der Waals surface area contributed by atoms with Crippen molar-refractivity contribution in [1.29, 1.82) is 0 Å². The highest BCUT2D eigenvalue weighted by atomic mass is 32.2. The Kier molecular flexibility index (Phi) is 8.59. The van der Waals surface area contributed by atoms with Crippen LogP contribution >= 0.6 is 11.8 Å². The number of rotatable bonds is 10. The first-order valence-corrected chi connectivity index (χ1v) is 12.5. The van der Waals surface area contributed by atoms with Gasteiger partial charge in [-0.15, -0.1) is 11.8 Å². The summed E-state index contributed by atoms with van der Waals surface area (Å²) >= 11 is 1.29. The molecule has 0 unspecified atom stereocenters. The summed E-state index contributed by atoms with van der Waals surface area (Å²) in [6.07, 6.45) is -2.62. The molecular weight excluding hydrogens is 500 g/mol. The standard InChI is InChI=1S/C22H31F2N5O6S/c1-9-15-14(10(2)27-20(32)18(23)24)21(33)29(15)16(22(34)35)17(9)36-11-7-12(26-8-11)19(31)25-6-5-13(30)28(3)4/h9-12,14-15,18,26H,5-8H2,1-4H3,(H,25,31)(H,27,32)(H,34,35)/t9-,10-,11+,12+,14-,15-/m1/s1. The van der Waals surface area contributed by atoms with Gasteiger partial charge in [0.15, 0.2) is 0 Å². The van der Waals surface area contributed by atoms with E-state index in [4.69, 9.17) is 0 Å². The second kappa shape index (κ2) is 11.1. The molecule has 0 aromatic rings. The van der Waals surface area contributed by atoms with Gasteiger partial charge in [-0.2, -0.15) is 8.78 Å². The Balaban J connectivity index is 1.63. The highest BCUT2D eigenvalue weighted by molar-refractivity contribution is 8.03. The molecule has 3 rings (SSSR count). The Morgan fingerprint density at radius 2 is 1.94 bits per heavy atom. The van der Waals surface area contributed by atoms with Crippen molar-refractivity contribution in [1.82, 2.24) is 25.8 Å². The van der Waals surface area contributed by atoms with E-state index in [1.165, 1.54) is 28.5 Å². The Morgan fingerprint density at radius 3 is 2.53 bits per heavy atom. The van der Waals surface area contributed by atoms with Gasteiger partial charge in [0, 0.05) is 55.7 Å². The summed E-state index contributed by atoms with van der Waals surface area (Å²) in [7, 11) is 3.26. The lowest BCUT2D eigenvalue weighted by Crippen LogP contribution is -2.66. The number of fused-ring (bicyclic) bond motifs is 1. The molecule has 11 nitrogen and oxygen atoms in total. The Hall–Kier alpha value is -2.74. The number of hydrogen-bond donors (Lipinski definition) is 4. The lowest BCUT2D eigenvalue weighted by Gasteiger charge is -2.47. The number of alkyl halides is 2. The minimum Gasteiger partial charge on any atom is -0.477 e. The van der Waals surface area contributed by atoms with E-state index in [1.54, 1.807) is 21.0 Å². The van der Waals surface area contributed by atoms with Crippen LogP contribution in [-0.4, -0.2) is 101 Å². The predicted molar refractivity (Wildman–Crippen MR) is 126 cm³/mol. The minimum absolute atomic E-state index is 0.105. The van der Waals surface area contributed by atoms with E-state index in [-0.39, 0.29) is 41.6 Å². The molecule has 2 saturated heterocycles. The number of thioether (sulfide) groups is 1. The van der Waals surface area contributed by atoms with Crippen LogP contribution in [0.15, 0.2) is 10.6 Å². The third-order valence-electron chi connectivity index (χ3n) is 6.74. The van der Waals surface area contributed by atoms with Gasteiger partial charge in [-0.3, -0.25) is 19.2 Å². The Bertz CT molecular complexity index is 977. The second-order valence-electron chi connectivity index (χ2n) is 9.39. The van der Waals surface area contributed by atoms with Crippen molar-refractivity contribution in [3.8, 4) is 0 Å². The largest absolute Gasteiger partial charge is 0.477 e. The summed E-state index contributed by atoms with van der Waals surface area (Å²) in [5.74, 6) is -4.84. The quantitative estimate of drug-likeness (QED) is 0.278. The van der Waals surface area contributed by atoms with Gasteiger partial charge in [0.25, 0.3) is 5.91 Å². The summed E-state index contributed by atoms with van der Waals surface area (Å²) in [4.78, 5) is 63.5. The molecule has 0 bridgehead atoms. The molecule has 0 radical (unpaired) electrons. The van der Waals surface area contributed by atoms with Gasteiger partial charge in [-0.05, 0) is 13.3 Å². The maximum atomic E-state index is 12.8. The molecule has 0 saturated carbocycles. The third kappa shape index (κ3) is 5.48. The van der Waals surface area contributed by atoms with Crippen molar-refractivity contribution in [2.24, 2.45) is 11.8 Å². The molecule has 14 heteroatoms. The zero-order valence-corrected chi connectivity index (χ0v) is 21.2. The maximum absolute atomic E-state index is 12.8. The number of carboxylic acids is 1. The molecule has 36 heavy (non-hydrogen) atoms. The lowest BCUT2D eigenvalue weighted by atomic mass is 9.78. The number of nitrogens with one attached hydrogen (secondary N) is 3. The van der Waals surface area contributed by atoms with Crippen molar-refractivity contribution in [3.05, 3.63) is 10.6 Å². The van der Waals surface area contributed by atoms with Crippen molar-refractivity contribution in [2.45, 2.75) is 56.5 Å². The molecule has 4 amide bonds. The summed E-state index contributed by atoms with van der Waals surface area (Å²) in [6, 6.07) is -1.96. The van der Waals surface area contributed by atoms with E-state index in [9.17, 15) is 37.9 Å². The number of β-lactam (4-membered cyclic amide) rings is 1. The van der Waals surface area contributed by atoms with Gasteiger partial charge in [0.1, 0.15) is 5.70 Å². The second-order valence-corrected chi connectivity index (χ2v) is 10.7. The third-order valence-corrected chi connectivity index (χ3v) is 8.25. The van der Waals surface area contributed by atoms with Crippen LogP contribution in [0.25, 0.3) is 0 Å². The van der Waals surface area contributed by atoms with Crippen LogP contribution < -0.4 is 16.0 Å². The zero-order valence-electron chi connectivity index (χ0n) is 20.4. The molecule has 3 aliphatic heterocycles. The fourth-order valence-corrected chi connectivity index (χ4v) is 6.36. The Labute approximate surface area is 211 Å². The Morgan fingerprint density at radius 1 is 1.28 bits per heavy atom. The highest BCUT2D eigenvalue weighted by Gasteiger charge is 2.60. The maximum Gasteiger partial charge on any atom is 0.353 e. The SMILES string of the molecule is C[C@@H](NC(=O)C(F)F)[C@H]1C(=O)N2C(C(=O)O)=C(S[C@@H]3CN[C@H](C(=O)NCCC(=O)N(C)C)C3)[C@H](C)[C@H]12. The summed E-state index contributed by atoms with van der Waals surface area (Å²) < 4.78 is 25.3. The minimum atomic E-state index is -3.22. The molecule has 6 atom stereocenters. The number of aliphatic carboxylic acids is 1. The first kappa shape index (κ1) is 27.8. The fourth-order valence-electron chi connectivity index (χ4n) is 4.89. The van der Waals surface area contributed by atoms with Crippen LogP contribution in [-0.2, 0) is 24.0 Å². The van der Waals surface area contributed by atoms with E-state index >= 15 is 0 Å². The number of halogens is 2. The molecule has 3 aliphatic rings. The predicted octanol–water partition coefficient (Wildman–Crippen LogP) is -0.413. The van der Waals surface area contributed by atoms with Gasteiger partial charge in [0.2, 0.25) is 17.7 Å². The van der Waals surface area contributed by atoms with E-state index < -0.39 is 48.3 Å². The van der Waals surface area contributed by atoms with Crippen LogP contribution in [0.5, 0.6) is 0 Å². The molecule has 2 fully saturated rings. The number of carbonyl (C=O) groups excluding carboxylic acids is 4. The van der Waals surface area contributed by atoms with Gasteiger partial charge in [-0.1, -0.05) is 6.92 Å². The van der Waals surface area contributed by atoms with Crippen LogP contribution in [0.1, 0.15) is 26.7 Å². The van der Waals surface area contributed by atoms with Crippen LogP contribution in [0.4, 0.5) is 8.78 Å². The molecular formula is C22H31F2N5O6S. The highest BCUT2D eigenvalue weighted by Crippen LogP contribution is 2.51. The van der Waals surface area contributed by atoms with Crippen molar-refractivity contribution < 1.29 is 37.9 Å². The van der Waals surface area contributed by atoms with Crippen molar-refractivity contribution >= 4 is 41.4 Å². The number of hydrogen-bond acceptors (Lipinski definition) is 7. The average Bonchev–Trinajstić information content (AvgIpc) is 3.35. The number of carboxylic acid groups (broad SMARTS) is 1. The summed E-state index contributed by atoms with van der Waals surface area (Å²) in [6.45, 7) is 3.86. The van der Waals surface area contributed by atoms with E-state index in [0.717, 1.165) is 0 Å². The molecule has 3 heterocycles. The molecule has 0 aromatic heterocycles. The zero-order chi connectivity index (χ0) is 26.9. The average molecular weight is 532 g/mol. The van der Waals surface area contributed by atoms with Gasteiger partial charge < -0.3 is 30.9 Å². The fraction of sp³-hybridized carbons (Fsp3) is 0.682. The van der Waals surface area contributed by atoms with Gasteiger partial charge in [-0.25, -0.2) is 4.79 Å². The van der Waals surface area contributed by atoms with E-state index in [2.05, 4.69) is 16.0 Å². The topological polar surface area (TPSA) is 148 Å². The monoisotopic (exact) mass is 531 g/mol. The van der Waals surface area contributed by atoms with Crippen LogP contribution in [0.3, 0.4) is 0 Å². The normalized spacial score (nSPS) is 28.0. The first-order chi connectivity index (χ1) is 16.8. The number of carbonyl (C=O) groups is 5. The number of amides is 4. The van der Waals surface area contributed by atoms with Gasteiger partial charge >= 0.3 is 12.4 Å². The molecule has 4 N–H and O–H groups in total. The lowest BCUT2D eigenvalue weighted by molar-refractivity contribution is -0.159. The summed E-state index contributed by atoms with van der Waals surface area (Å²) in [5.41, 5.74) is -0.138. The molecule has 0 aromatic carbocycles. The van der Waals surface area contributed by atoms with Gasteiger partial charge in [0.05, 0.1) is 18.0 Å². The molecule has 0 spiro atoms. The van der Waals surface area contributed by atoms with Crippen molar-refractivity contribution in [3.63, 3.8) is 0 Å². The van der Waals surface area contributed by atoms with E-state index in [0.29, 0.717) is 17.9 Å². The van der Waals surface area contributed by atoms with Crippen LogP contribution in [0, 0.1) is 11.8 Å².